The summed E-state index contributed by atoms with van der Waals surface area (Å²) in [6.07, 6.45) is 4.36. The van der Waals surface area contributed by atoms with E-state index in [9.17, 15) is 0 Å². The number of nitrogens with zero attached hydrogens (tertiary/aromatic N) is 2. The maximum atomic E-state index is 8.92. The molecule has 1 atom stereocenters. The van der Waals surface area contributed by atoms with E-state index in [1.807, 2.05) is 12.1 Å². The Balaban J connectivity index is 2.34. The van der Waals surface area contributed by atoms with Crippen molar-refractivity contribution in [2.75, 3.05) is 6.61 Å². The molecule has 0 spiro atoms. The number of fused-ring (bicyclic) bond motifs is 1. The third-order valence-corrected chi connectivity index (χ3v) is 4.03. The lowest BCUT2D eigenvalue weighted by molar-refractivity contribution is 0.289. The number of hydrogen-bond donors (Lipinski definition) is 1. The van der Waals surface area contributed by atoms with E-state index in [2.05, 4.69) is 32.8 Å². The smallest absolute Gasteiger partial charge is 0.102 e. The van der Waals surface area contributed by atoms with Crippen LogP contribution in [0.2, 0.25) is 0 Å². The lowest BCUT2D eigenvalue weighted by atomic mass is 10.3. The largest absolute Gasteiger partial charge is 0.396 e. The monoisotopic (exact) mass is 312 g/mol. The van der Waals surface area contributed by atoms with Gasteiger partial charge >= 0.3 is 0 Å². The van der Waals surface area contributed by atoms with Gasteiger partial charge in [-0.25, -0.2) is 0 Å². The van der Waals surface area contributed by atoms with Gasteiger partial charge in [0.15, 0.2) is 0 Å². The van der Waals surface area contributed by atoms with Crippen molar-refractivity contribution in [2.45, 2.75) is 23.5 Å². The highest BCUT2D eigenvalue weighted by atomic mass is 79.9. The topological polar surface area (TPSA) is 46.0 Å². The van der Waals surface area contributed by atoms with E-state index in [1.54, 1.807) is 24.2 Å². The molecule has 2 aromatic rings. The Hall–Kier alpha value is -0.650. The van der Waals surface area contributed by atoms with Crippen molar-refractivity contribution >= 4 is 38.7 Å². The van der Waals surface area contributed by atoms with E-state index in [0.29, 0.717) is 5.25 Å². The molecule has 5 heteroatoms. The first-order valence-electron chi connectivity index (χ1n) is 5.38. The molecule has 0 aliphatic rings. The number of aromatic nitrogens is 2. The Labute approximate surface area is 113 Å². The summed E-state index contributed by atoms with van der Waals surface area (Å²) in [7, 11) is 0. The van der Waals surface area contributed by atoms with Crippen LogP contribution < -0.4 is 0 Å². The molecule has 3 nitrogen and oxygen atoms in total. The number of halogens is 1. The van der Waals surface area contributed by atoms with Crippen LogP contribution in [-0.4, -0.2) is 26.9 Å². The second-order valence-corrected chi connectivity index (χ2v) is 6.17. The fraction of sp³-hybridized carbons (Fsp3) is 0.333. The van der Waals surface area contributed by atoms with Gasteiger partial charge in [-0.15, -0.1) is 11.8 Å². The molecule has 0 radical (unpaired) electrons. The minimum absolute atomic E-state index is 0.218. The van der Waals surface area contributed by atoms with E-state index in [4.69, 9.17) is 5.11 Å². The van der Waals surface area contributed by atoms with Gasteiger partial charge in [0, 0.05) is 33.6 Å². The van der Waals surface area contributed by atoms with Gasteiger partial charge in [0.1, 0.15) is 5.52 Å². The highest BCUT2D eigenvalue weighted by Crippen LogP contribution is 2.30. The first-order valence-corrected chi connectivity index (χ1v) is 7.05. The molecule has 0 saturated heterocycles. The maximum absolute atomic E-state index is 8.92. The van der Waals surface area contributed by atoms with Crippen LogP contribution in [0.15, 0.2) is 33.9 Å². The average molecular weight is 313 g/mol. The van der Waals surface area contributed by atoms with Gasteiger partial charge in [-0.05, 0) is 34.5 Å². The molecule has 0 fully saturated rings. The summed E-state index contributed by atoms with van der Waals surface area (Å²) in [6, 6.07) is 3.94. The molecule has 0 aliphatic carbocycles. The summed E-state index contributed by atoms with van der Waals surface area (Å²) in [5, 5.41) is 9.29. The van der Waals surface area contributed by atoms with Crippen molar-refractivity contribution in [3.8, 4) is 0 Å². The summed E-state index contributed by atoms with van der Waals surface area (Å²) < 4.78 is 0.933. The van der Waals surface area contributed by atoms with Gasteiger partial charge in [-0.1, -0.05) is 6.92 Å². The number of aliphatic hydroxyl groups excluding tert-OH is 1. The van der Waals surface area contributed by atoms with Crippen molar-refractivity contribution < 1.29 is 5.11 Å². The van der Waals surface area contributed by atoms with E-state index < -0.39 is 0 Å². The second-order valence-electron chi connectivity index (χ2n) is 3.77. The molecule has 17 heavy (non-hydrogen) atoms. The van der Waals surface area contributed by atoms with Crippen LogP contribution in [0.3, 0.4) is 0 Å². The first-order chi connectivity index (χ1) is 8.20. The van der Waals surface area contributed by atoms with Crippen LogP contribution in [-0.2, 0) is 0 Å². The molecule has 0 bridgehead atoms. The molecule has 2 rings (SSSR count). The van der Waals surface area contributed by atoms with Gasteiger partial charge in [0.2, 0.25) is 0 Å². The number of aliphatic hydroxyl groups is 1. The van der Waals surface area contributed by atoms with Crippen LogP contribution in [0.1, 0.15) is 13.3 Å². The van der Waals surface area contributed by atoms with Gasteiger partial charge < -0.3 is 5.11 Å². The number of rotatable bonds is 4. The quantitative estimate of drug-likeness (QED) is 0.880. The highest BCUT2D eigenvalue weighted by Gasteiger charge is 2.09. The number of pyridine rings is 2. The summed E-state index contributed by atoms with van der Waals surface area (Å²) in [6.45, 7) is 2.32. The van der Waals surface area contributed by atoms with Crippen molar-refractivity contribution in [1.29, 1.82) is 0 Å². The molecular weight excluding hydrogens is 300 g/mol. The van der Waals surface area contributed by atoms with Gasteiger partial charge in [0.25, 0.3) is 0 Å². The van der Waals surface area contributed by atoms with E-state index in [-0.39, 0.29) is 6.61 Å². The van der Waals surface area contributed by atoms with Crippen molar-refractivity contribution in [2.24, 2.45) is 0 Å². The van der Waals surface area contributed by atoms with Crippen LogP contribution in [0.5, 0.6) is 0 Å². The second kappa shape index (κ2) is 5.80. The molecule has 1 unspecified atom stereocenters. The lowest BCUT2D eigenvalue weighted by Crippen LogP contribution is -1.99. The van der Waals surface area contributed by atoms with Crippen molar-refractivity contribution in [3.63, 3.8) is 0 Å². The fourth-order valence-corrected chi connectivity index (χ4v) is 2.92. The van der Waals surface area contributed by atoms with Gasteiger partial charge in [0.05, 0.1) is 5.52 Å². The van der Waals surface area contributed by atoms with Gasteiger partial charge in [-0.2, -0.15) is 0 Å². The lowest BCUT2D eigenvalue weighted by Gasteiger charge is -2.10. The van der Waals surface area contributed by atoms with Gasteiger partial charge in [-0.3, -0.25) is 9.97 Å². The third-order valence-electron chi connectivity index (χ3n) is 2.37. The Morgan fingerprint density at radius 2 is 2.29 bits per heavy atom. The van der Waals surface area contributed by atoms with Crippen LogP contribution in [0.4, 0.5) is 0 Å². The highest BCUT2D eigenvalue weighted by molar-refractivity contribution is 9.10. The summed E-state index contributed by atoms with van der Waals surface area (Å²) in [4.78, 5) is 9.82. The van der Waals surface area contributed by atoms with E-state index in [0.717, 1.165) is 26.8 Å². The molecule has 90 valence electrons. The van der Waals surface area contributed by atoms with Crippen LogP contribution >= 0.6 is 27.7 Å². The first kappa shape index (κ1) is 12.8. The molecular formula is C12H13BrN2OS. The molecule has 0 saturated carbocycles. The third kappa shape index (κ3) is 3.18. The van der Waals surface area contributed by atoms with Crippen LogP contribution in [0.25, 0.3) is 11.0 Å². The van der Waals surface area contributed by atoms with E-state index in [1.165, 1.54) is 0 Å². The summed E-state index contributed by atoms with van der Waals surface area (Å²) in [5.74, 6) is 0. The zero-order chi connectivity index (χ0) is 12.3. The molecule has 0 aliphatic heterocycles. The standard InChI is InChI=1S/C12H13BrN2OS/c1-8(3-5-16)17-11-2-4-14-10-6-9(13)7-15-12(10)11/h2,4,6-8,16H,3,5H2,1H3. The van der Waals surface area contributed by atoms with Crippen molar-refractivity contribution in [1.82, 2.24) is 9.97 Å². The van der Waals surface area contributed by atoms with Crippen LogP contribution in [0, 0.1) is 0 Å². The number of hydrogen-bond acceptors (Lipinski definition) is 4. The predicted molar refractivity (Wildman–Crippen MR) is 74.3 cm³/mol. The summed E-state index contributed by atoms with van der Waals surface area (Å²) in [5.41, 5.74) is 1.81. The number of thioether (sulfide) groups is 1. The average Bonchev–Trinajstić information content (AvgIpc) is 2.29. The molecule has 2 heterocycles. The molecule has 1 N–H and O–H groups in total. The zero-order valence-electron chi connectivity index (χ0n) is 9.43. The maximum Gasteiger partial charge on any atom is 0.102 e. The molecule has 0 amide bonds. The Morgan fingerprint density at radius 3 is 3.06 bits per heavy atom. The normalized spacial score (nSPS) is 12.9. The fourth-order valence-electron chi connectivity index (χ4n) is 1.53. The summed E-state index contributed by atoms with van der Waals surface area (Å²) >= 11 is 5.12. The zero-order valence-corrected chi connectivity index (χ0v) is 11.8. The minimum Gasteiger partial charge on any atom is -0.396 e. The predicted octanol–water partition coefficient (Wildman–Crippen LogP) is 3.26. The Bertz CT molecular complexity index is 521. The minimum atomic E-state index is 0.218. The van der Waals surface area contributed by atoms with E-state index >= 15 is 0 Å². The molecule has 2 aromatic heterocycles. The Kier molecular flexibility index (Phi) is 4.36. The van der Waals surface area contributed by atoms with Crippen molar-refractivity contribution in [3.05, 3.63) is 29.0 Å². The molecule has 0 aromatic carbocycles. The SMILES string of the molecule is CC(CCO)Sc1ccnc2cc(Br)cnc12. The Morgan fingerprint density at radius 1 is 1.47 bits per heavy atom.